The molecule has 1 aliphatic rings. The predicted octanol–water partition coefficient (Wildman–Crippen LogP) is 0.823. The maximum absolute atomic E-state index is 9.77. The van der Waals surface area contributed by atoms with E-state index < -0.39 is 0 Å². The number of nitrogens with one attached hydrogen (secondary N) is 1. The van der Waals surface area contributed by atoms with Gasteiger partial charge in [-0.25, -0.2) is 0 Å². The highest BCUT2D eigenvalue weighted by Gasteiger charge is 2.23. The lowest BCUT2D eigenvalue weighted by Gasteiger charge is -2.28. The molecular weight excluding hydrogens is 230 g/mol. The van der Waals surface area contributed by atoms with Crippen molar-refractivity contribution in [3.05, 3.63) is 5.28 Å². The zero-order valence-electron chi connectivity index (χ0n) is 8.73. The molecule has 1 saturated carbocycles. The number of aliphatic hydroxyl groups is 1. The molecule has 0 aliphatic heterocycles. The summed E-state index contributed by atoms with van der Waals surface area (Å²) in [5.74, 6) is 0.399. The Morgan fingerprint density at radius 2 is 2.00 bits per heavy atom. The molecule has 2 rings (SSSR count). The molecule has 1 aromatic rings. The van der Waals surface area contributed by atoms with Gasteiger partial charge in [-0.1, -0.05) is 12.8 Å². The van der Waals surface area contributed by atoms with E-state index in [9.17, 15) is 5.11 Å². The largest absolute Gasteiger partial charge is 0.391 e. The zero-order chi connectivity index (χ0) is 11.5. The minimum Gasteiger partial charge on any atom is -0.391 e. The van der Waals surface area contributed by atoms with Gasteiger partial charge in [0.2, 0.25) is 17.2 Å². The average Bonchev–Trinajstić information content (AvgIpc) is 2.20. The minimum atomic E-state index is -0.370. The number of halogens is 1. The van der Waals surface area contributed by atoms with Crippen LogP contribution < -0.4 is 11.1 Å². The summed E-state index contributed by atoms with van der Waals surface area (Å²) >= 11 is 5.66. The van der Waals surface area contributed by atoms with Gasteiger partial charge in [-0.3, -0.25) is 0 Å². The van der Waals surface area contributed by atoms with Gasteiger partial charge in [0.05, 0.1) is 12.1 Å². The first-order chi connectivity index (χ1) is 7.65. The Morgan fingerprint density at radius 1 is 1.25 bits per heavy atom. The van der Waals surface area contributed by atoms with Crippen LogP contribution in [0.25, 0.3) is 0 Å². The molecule has 0 aromatic carbocycles. The van der Waals surface area contributed by atoms with E-state index in [1.54, 1.807) is 0 Å². The summed E-state index contributed by atoms with van der Waals surface area (Å²) in [6, 6.07) is -0.0355. The second kappa shape index (κ2) is 4.80. The first-order valence-electron chi connectivity index (χ1n) is 5.27. The monoisotopic (exact) mass is 243 g/mol. The zero-order valence-corrected chi connectivity index (χ0v) is 9.48. The minimum absolute atomic E-state index is 0.0355. The first-order valence-corrected chi connectivity index (χ1v) is 5.64. The molecular formula is C9H14ClN5O. The first kappa shape index (κ1) is 11.3. The Balaban J connectivity index is 2.07. The van der Waals surface area contributed by atoms with Crippen molar-refractivity contribution < 1.29 is 5.11 Å². The van der Waals surface area contributed by atoms with Crippen LogP contribution in [0.3, 0.4) is 0 Å². The summed E-state index contributed by atoms with van der Waals surface area (Å²) in [6.07, 6.45) is 3.46. The summed E-state index contributed by atoms with van der Waals surface area (Å²) in [6.45, 7) is 0. The number of nitrogen functional groups attached to an aromatic ring is 1. The van der Waals surface area contributed by atoms with Crippen LogP contribution in [0.15, 0.2) is 0 Å². The van der Waals surface area contributed by atoms with Gasteiger partial charge < -0.3 is 16.2 Å². The highest BCUT2D eigenvalue weighted by molar-refractivity contribution is 6.28. The molecule has 0 amide bonds. The molecule has 88 valence electrons. The molecule has 4 N–H and O–H groups in total. The third kappa shape index (κ3) is 2.70. The van der Waals surface area contributed by atoms with Gasteiger partial charge in [0, 0.05) is 0 Å². The Morgan fingerprint density at radius 3 is 2.69 bits per heavy atom. The van der Waals surface area contributed by atoms with Crippen molar-refractivity contribution in [1.29, 1.82) is 0 Å². The van der Waals surface area contributed by atoms with E-state index in [1.165, 1.54) is 0 Å². The lowest BCUT2D eigenvalue weighted by Crippen LogP contribution is -2.37. The molecule has 1 aliphatic carbocycles. The number of rotatable bonds is 2. The van der Waals surface area contributed by atoms with Crippen LogP contribution in [0.2, 0.25) is 5.28 Å². The summed E-state index contributed by atoms with van der Waals surface area (Å²) in [5.41, 5.74) is 5.45. The number of aliphatic hydroxyl groups excluding tert-OH is 1. The van der Waals surface area contributed by atoms with Gasteiger partial charge >= 0.3 is 0 Å². The fraction of sp³-hybridized carbons (Fsp3) is 0.667. The molecule has 2 atom stereocenters. The fourth-order valence-corrected chi connectivity index (χ4v) is 2.04. The molecule has 0 saturated heterocycles. The SMILES string of the molecule is Nc1nc(Cl)nc(NC2CCCCC2O)n1. The van der Waals surface area contributed by atoms with E-state index in [0.717, 1.165) is 25.7 Å². The number of nitrogens with two attached hydrogens (primary N) is 1. The summed E-state index contributed by atoms with van der Waals surface area (Å²) in [5, 5.41) is 12.9. The van der Waals surface area contributed by atoms with Crippen LogP contribution in [0, 0.1) is 0 Å². The third-order valence-corrected chi connectivity index (χ3v) is 2.84. The predicted molar refractivity (Wildman–Crippen MR) is 61.1 cm³/mol. The smallest absolute Gasteiger partial charge is 0.229 e. The summed E-state index contributed by atoms with van der Waals surface area (Å²) < 4.78 is 0. The number of anilines is 2. The highest BCUT2D eigenvalue weighted by Crippen LogP contribution is 2.21. The van der Waals surface area contributed by atoms with Crippen LogP contribution in [0.4, 0.5) is 11.9 Å². The quantitative estimate of drug-likeness (QED) is 0.712. The molecule has 1 heterocycles. The lowest BCUT2D eigenvalue weighted by molar-refractivity contribution is 0.116. The van der Waals surface area contributed by atoms with Crippen molar-refractivity contribution in [3.8, 4) is 0 Å². The molecule has 7 heteroatoms. The highest BCUT2D eigenvalue weighted by atomic mass is 35.5. The maximum atomic E-state index is 9.77. The van der Waals surface area contributed by atoms with Crippen molar-refractivity contribution in [2.24, 2.45) is 0 Å². The molecule has 0 bridgehead atoms. The average molecular weight is 244 g/mol. The van der Waals surface area contributed by atoms with E-state index in [4.69, 9.17) is 17.3 Å². The standard InChI is InChI=1S/C9H14ClN5O/c10-7-13-8(11)15-9(14-7)12-5-3-1-2-4-6(5)16/h5-6,16H,1-4H2,(H3,11,12,13,14,15). The molecule has 6 nitrogen and oxygen atoms in total. The third-order valence-electron chi connectivity index (χ3n) is 2.67. The van der Waals surface area contributed by atoms with Crippen molar-refractivity contribution in [2.75, 3.05) is 11.1 Å². The molecule has 0 radical (unpaired) electrons. The lowest BCUT2D eigenvalue weighted by atomic mass is 9.93. The molecule has 16 heavy (non-hydrogen) atoms. The van der Waals surface area contributed by atoms with Gasteiger partial charge in [-0.2, -0.15) is 15.0 Å². The van der Waals surface area contributed by atoms with Crippen molar-refractivity contribution in [2.45, 2.75) is 37.8 Å². The summed E-state index contributed by atoms with van der Waals surface area (Å²) in [4.78, 5) is 11.5. The van der Waals surface area contributed by atoms with Gasteiger partial charge in [-0.15, -0.1) is 0 Å². The Kier molecular flexibility index (Phi) is 3.40. The normalized spacial score (nSPS) is 25.4. The van der Waals surface area contributed by atoms with E-state index in [0.29, 0.717) is 5.95 Å². The van der Waals surface area contributed by atoms with Crippen LogP contribution in [0.1, 0.15) is 25.7 Å². The fourth-order valence-electron chi connectivity index (χ4n) is 1.88. The van der Waals surface area contributed by atoms with Crippen molar-refractivity contribution >= 4 is 23.5 Å². The second-order valence-corrected chi connectivity index (χ2v) is 4.23. The Hall–Kier alpha value is -1.14. The van der Waals surface area contributed by atoms with E-state index in [2.05, 4.69) is 20.3 Å². The van der Waals surface area contributed by atoms with E-state index in [1.807, 2.05) is 0 Å². The van der Waals surface area contributed by atoms with Gasteiger partial charge in [0.1, 0.15) is 0 Å². The van der Waals surface area contributed by atoms with E-state index in [-0.39, 0.29) is 23.4 Å². The number of aromatic nitrogens is 3. The molecule has 2 unspecified atom stereocenters. The number of hydrogen-bond donors (Lipinski definition) is 3. The van der Waals surface area contributed by atoms with Crippen LogP contribution >= 0.6 is 11.6 Å². The van der Waals surface area contributed by atoms with E-state index >= 15 is 0 Å². The topological polar surface area (TPSA) is 97.0 Å². The maximum Gasteiger partial charge on any atom is 0.229 e. The van der Waals surface area contributed by atoms with Gasteiger partial charge in [0.25, 0.3) is 0 Å². The molecule has 1 aromatic heterocycles. The molecule has 1 fully saturated rings. The number of nitrogens with zero attached hydrogens (tertiary/aromatic N) is 3. The van der Waals surface area contributed by atoms with Gasteiger partial charge in [-0.05, 0) is 24.4 Å². The van der Waals surface area contributed by atoms with Crippen molar-refractivity contribution in [3.63, 3.8) is 0 Å². The van der Waals surface area contributed by atoms with Gasteiger partial charge in [0.15, 0.2) is 0 Å². The Bertz CT molecular complexity index is 355. The van der Waals surface area contributed by atoms with Crippen molar-refractivity contribution in [1.82, 2.24) is 15.0 Å². The van der Waals surface area contributed by atoms with Crippen LogP contribution in [0.5, 0.6) is 0 Å². The molecule has 0 spiro atoms. The Labute approximate surface area is 98.3 Å². The second-order valence-electron chi connectivity index (χ2n) is 3.89. The van der Waals surface area contributed by atoms with Crippen LogP contribution in [-0.4, -0.2) is 32.2 Å². The van der Waals surface area contributed by atoms with Crippen LogP contribution in [-0.2, 0) is 0 Å². The summed E-state index contributed by atoms with van der Waals surface area (Å²) in [7, 11) is 0. The number of hydrogen-bond acceptors (Lipinski definition) is 6.